The fourth-order valence-electron chi connectivity index (χ4n) is 2.73. The number of carbonyl (C=O) groups is 1. The molecule has 0 bridgehead atoms. The number of nitrogens with zero attached hydrogens (tertiary/aromatic N) is 2. The predicted molar refractivity (Wildman–Crippen MR) is 95.8 cm³/mol. The first kappa shape index (κ1) is 18.3. The molecule has 2 heterocycles. The number of para-hydroxylation sites is 1. The van der Waals surface area contributed by atoms with Crippen molar-refractivity contribution >= 4 is 35.2 Å². The van der Waals surface area contributed by atoms with Gasteiger partial charge in [0, 0.05) is 37.1 Å². The third-order valence-corrected chi connectivity index (χ3v) is 4.04. The smallest absolute Gasteiger partial charge is 0.277 e. The van der Waals surface area contributed by atoms with E-state index in [2.05, 4.69) is 9.88 Å². The molecule has 2 aromatic rings. The molecule has 0 spiro atoms. The number of guanidine groups is 1. The molecular formula is C16H22ClN5O2. The van der Waals surface area contributed by atoms with Gasteiger partial charge < -0.3 is 15.5 Å². The fraction of sp³-hybridized carbons (Fsp3) is 0.375. The molecule has 0 unspecified atom stereocenters. The molecule has 0 aliphatic carbocycles. The minimum Gasteiger partial charge on any atom is -0.379 e. The molecule has 1 aliphatic rings. The van der Waals surface area contributed by atoms with E-state index in [1.165, 1.54) is 4.90 Å². The van der Waals surface area contributed by atoms with Crippen molar-refractivity contribution in [1.29, 1.82) is 5.41 Å². The summed E-state index contributed by atoms with van der Waals surface area (Å²) in [5.74, 6) is -0.510. The Kier molecular flexibility index (Phi) is 6.19. The maximum Gasteiger partial charge on any atom is 0.277 e. The summed E-state index contributed by atoms with van der Waals surface area (Å²) < 4.78 is 5.31. The standard InChI is InChI=1S/C16H21N5O2.ClH/c17-16(18)21(6-5-20-7-9-23-10-8-20)15(22)14-11-12-3-1-2-4-13(12)19-14;/h1-4,11,19H,5-10H2,(H3,17,18);1H. The molecule has 24 heavy (non-hydrogen) atoms. The van der Waals surface area contributed by atoms with Gasteiger partial charge in [-0.1, -0.05) is 18.2 Å². The van der Waals surface area contributed by atoms with Gasteiger partial charge in [0.2, 0.25) is 0 Å². The summed E-state index contributed by atoms with van der Waals surface area (Å²) in [6, 6.07) is 9.48. The van der Waals surface area contributed by atoms with Crippen LogP contribution < -0.4 is 5.73 Å². The fourth-order valence-corrected chi connectivity index (χ4v) is 2.73. The average Bonchev–Trinajstić information content (AvgIpc) is 2.99. The highest BCUT2D eigenvalue weighted by molar-refractivity contribution is 6.05. The predicted octanol–water partition coefficient (Wildman–Crippen LogP) is 1.26. The first-order valence-electron chi connectivity index (χ1n) is 7.69. The largest absolute Gasteiger partial charge is 0.379 e. The normalized spacial score (nSPS) is 15.0. The summed E-state index contributed by atoms with van der Waals surface area (Å²) in [6.45, 7) is 4.16. The van der Waals surface area contributed by atoms with Crippen LogP contribution in [-0.2, 0) is 4.74 Å². The summed E-state index contributed by atoms with van der Waals surface area (Å²) >= 11 is 0. The molecular weight excluding hydrogens is 330 g/mol. The van der Waals surface area contributed by atoms with Crippen molar-refractivity contribution in [3.8, 4) is 0 Å². The van der Waals surface area contributed by atoms with Crippen molar-refractivity contribution in [3.63, 3.8) is 0 Å². The molecule has 1 saturated heterocycles. The van der Waals surface area contributed by atoms with E-state index in [-0.39, 0.29) is 24.3 Å². The number of amides is 1. The van der Waals surface area contributed by atoms with Crippen molar-refractivity contribution in [2.24, 2.45) is 5.73 Å². The Hall–Kier alpha value is -2.09. The molecule has 130 valence electrons. The highest BCUT2D eigenvalue weighted by Gasteiger charge is 2.21. The van der Waals surface area contributed by atoms with Crippen LogP contribution in [0.15, 0.2) is 30.3 Å². The van der Waals surface area contributed by atoms with Gasteiger partial charge in [0.25, 0.3) is 5.91 Å². The van der Waals surface area contributed by atoms with Crippen LogP contribution in [0.4, 0.5) is 0 Å². The number of nitrogens with two attached hydrogens (primary N) is 1. The second-order valence-corrected chi connectivity index (χ2v) is 5.57. The third-order valence-electron chi connectivity index (χ3n) is 4.04. The summed E-state index contributed by atoms with van der Waals surface area (Å²) in [7, 11) is 0. The van der Waals surface area contributed by atoms with Crippen LogP contribution in [0.2, 0.25) is 0 Å². The van der Waals surface area contributed by atoms with Gasteiger partial charge in [0.15, 0.2) is 5.96 Å². The van der Waals surface area contributed by atoms with Crippen molar-refractivity contribution in [3.05, 3.63) is 36.0 Å². The van der Waals surface area contributed by atoms with E-state index in [0.717, 1.165) is 24.0 Å². The first-order chi connectivity index (χ1) is 11.1. The lowest BCUT2D eigenvalue weighted by Gasteiger charge is -2.29. The number of rotatable bonds is 4. The summed E-state index contributed by atoms with van der Waals surface area (Å²) in [5, 5.41) is 8.67. The number of fused-ring (bicyclic) bond motifs is 1. The second-order valence-electron chi connectivity index (χ2n) is 5.57. The highest BCUT2D eigenvalue weighted by Crippen LogP contribution is 2.16. The number of halogens is 1. The summed E-state index contributed by atoms with van der Waals surface area (Å²) in [5.41, 5.74) is 6.96. The number of hydrogen-bond donors (Lipinski definition) is 3. The van der Waals surface area contributed by atoms with E-state index in [4.69, 9.17) is 15.9 Å². The van der Waals surface area contributed by atoms with Crippen LogP contribution in [0.3, 0.4) is 0 Å². The molecule has 0 saturated carbocycles. The van der Waals surface area contributed by atoms with Gasteiger partial charge in [-0.25, -0.2) is 0 Å². The molecule has 8 heteroatoms. The number of aromatic nitrogens is 1. The zero-order valence-corrected chi connectivity index (χ0v) is 14.1. The zero-order chi connectivity index (χ0) is 16.2. The molecule has 7 nitrogen and oxygen atoms in total. The van der Waals surface area contributed by atoms with Crippen LogP contribution >= 0.6 is 12.4 Å². The number of nitrogens with one attached hydrogen (secondary N) is 2. The van der Waals surface area contributed by atoms with Gasteiger partial charge in [-0.05, 0) is 12.1 Å². The molecule has 1 fully saturated rings. The maximum absolute atomic E-state index is 12.7. The van der Waals surface area contributed by atoms with Gasteiger partial charge >= 0.3 is 0 Å². The van der Waals surface area contributed by atoms with E-state index in [1.807, 2.05) is 24.3 Å². The molecule has 0 atom stereocenters. The van der Waals surface area contributed by atoms with E-state index in [1.54, 1.807) is 6.07 Å². The van der Waals surface area contributed by atoms with Crippen LogP contribution in [0.5, 0.6) is 0 Å². The monoisotopic (exact) mass is 351 g/mol. The Morgan fingerprint density at radius 3 is 2.71 bits per heavy atom. The number of ether oxygens (including phenoxy) is 1. The van der Waals surface area contributed by atoms with Crippen LogP contribution in [-0.4, -0.2) is 66.0 Å². The number of morpholine rings is 1. The van der Waals surface area contributed by atoms with Gasteiger partial charge in [-0.3, -0.25) is 20.0 Å². The first-order valence-corrected chi connectivity index (χ1v) is 7.69. The Morgan fingerprint density at radius 1 is 1.33 bits per heavy atom. The Balaban J connectivity index is 0.00000208. The molecule has 1 amide bonds. The van der Waals surface area contributed by atoms with Crippen molar-refractivity contribution in [2.45, 2.75) is 0 Å². The van der Waals surface area contributed by atoms with Crippen LogP contribution in [0.1, 0.15) is 10.5 Å². The molecule has 1 aromatic heterocycles. The minimum absolute atomic E-state index is 0. The molecule has 0 radical (unpaired) electrons. The Bertz CT molecular complexity index is 678. The number of hydrogen-bond acceptors (Lipinski definition) is 4. The van der Waals surface area contributed by atoms with E-state index < -0.39 is 0 Å². The average molecular weight is 352 g/mol. The zero-order valence-electron chi connectivity index (χ0n) is 13.3. The molecule has 1 aliphatic heterocycles. The molecule has 4 N–H and O–H groups in total. The van der Waals surface area contributed by atoms with Gasteiger partial charge in [-0.2, -0.15) is 0 Å². The van der Waals surface area contributed by atoms with Gasteiger partial charge in [0.1, 0.15) is 5.69 Å². The van der Waals surface area contributed by atoms with Crippen molar-refractivity contribution in [1.82, 2.24) is 14.8 Å². The van der Waals surface area contributed by atoms with E-state index in [0.29, 0.717) is 32.0 Å². The number of benzene rings is 1. The van der Waals surface area contributed by atoms with Gasteiger partial charge in [0.05, 0.1) is 13.2 Å². The Morgan fingerprint density at radius 2 is 2.04 bits per heavy atom. The SMILES string of the molecule is Cl.N=C(N)N(CCN1CCOCC1)C(=O)c1cc2ccccc2[nH]1. The summed E-state index contributed by atoms with van der Waals surface area (Å²) in [6.07, 6.45) is 0. The topological polar surface area (TPSA) is 98.4 Å². The third kappa shape index (κ3) is 4.05. The maximum atomic E-state index is 12.7. The van der Waals surface area contributed by atoms with E-state index in [9.17, 15) is 4.79 Å². The number of carbonyl (C=O) groups excluding carboxylic acids is 1. The van der Waals surface area contributed by atoms with Crippen molar-refractivity contribution in [2.75, 3.05) is 39.4 Å². The van der Waals surface area contributed by atoms with Crippen LogP contribution in [0.25, 0.3) is 10.9 Å². The summed E-state index contributed by atoms with van der Waals surface area (Å²) in [4.78, 5) is 19.3. The number of H-pyrrole nitrogens is 1. The molecule has 1 aromatic carbocycles. The van der Waals surface area contributed by atoms with E-state index >= 15 is 0 Å². The van der Waals surface area contributed by atoms with Crippen LogP contribution in [0, 0.1) is 5.41 Å². The van der Waals surface area contributed by atoms with Crippen molar-refractivity contribution < 1.29 is 9.53 Å². The lowest BCUT2D eigenvalue weighted by Crippen LogP contribution is -2.47. The molecule has 3 rings (SSSR count). The number of aromatic amines is 1. The van der Waals surface area contributed by atoms with Gasteiger partial charge in [-0.15, -0.1) is 12.4 Å². The lowest BCUT2D eigenvalue weighted by atomic mass is 10.2. The minimum atomic E-state index is -0.276. The second kappa shape index (κ2) is 8.14. The Labute approximate surface area is 146 Å². The quantitative estimate of drug-likeness (QED) is 0.570. The lowest BCUT2D eigenvalue weighted by molar-refractivity contribution is 0.0353. The highest BCUT2D eigenvalue weighted by atomic mass is 35.5.